The molecule has 3 atom stereocenters. The minimum absolute atomic E-state index is 0.113. The number of rotatable bonds is 9. The second-order valence-electron chi connectivity index (χ2n) is 10.7. The van der Waals surface area contributed by atoms with Crippen molar-refractivity contribution in [1.82, 2.24) is 0 Å². The van der Waals surface area contributed by atoms with E-state index in [1.165, 1.54) is 38.5 Å². The number of Topliss-reactive ketones (excluding diaryl/α,β-unsaturated/α-hetero) is 2. The molecule has 0 bridgehead atoms. The number of carbonyl (C=O) groups excluding carboxylic acids is 2. The molecule has 0 aromatic heterocycles. The third kappa shape index (κ3) is 6.60. The molecule has 2 aromatic rings. The second kappa shape index (κ2) is 12.2. The zero-order chi connectivity index (χ0) is 23.9. The molecule has 0 heterocycles. The minimum atomic E-state index is 0.113. The Morgan fingerprint density at radius 2 is 1.74 bits per heavy atom. The predicted octanol–water partition coefficient (Wildman–Crippen LogP) is 8.29. The third-order valence-electron chi connectivity index (χ3n) is 8.49. The molecule has 0 N–H and O–H groups in total. The van der Waals surface area contributed by atoms with Crippen LogP contribution in [-0.2, 0) is 17.6 Å². The van der Waals surface area contributed by atoms with Crippen molar-refractivity contribution in [3.8, 4) is 0 Å². The molecular formula is C31H39ClO2. The molecule has 2 aliphatic rings. The highest BCUT2D eigenvalue weighted by Crippen LogP contribution is 2.40. The highest BCUT2D eigenvalue weighted by molar-refractivity contribution is 6.31. The highest BCUT2D eigenvalue weighted by atomic mass is 35.5. The van der Waals surface area contributed by atoms with E-state index < -0.39 is 0 Å². The fourth-order valence-electron chi connectivity index (χ4n) is 6.21. The Labute approximate surface area is 210 Å². The van der Waals surface area contributed by atoms with Crippen LogP contribution in [0.3, 0.4) is 0 Å². The summed E-state index contributed by atoms with van der Waals surface area (Å²) in [6, 6.07) is 15.7. The number of hydrogen-bond acceptors (Lipinski definition) is 2. The molecule has 0 radical (unpaired) electrons. The molecule has 4 rings (SSSR count). The van der Waals surface area contributed by atoms with Gasteiger partial charge in [0.25, 0.3) is 0 Å². The molecule has 2 saturated carbocycles. The molecule has 2 aliphatic carbocycles. The number of benzene rings is 2. The number of carbonyl (C=O) groups is 2. The molecule has 3 unspecified atom stereocenters. The van der Waals surface area contributed by atoms with E-state index in [0.29, 0.717) is 24.0 Å². The van der Waals surface area contributed by atoms with Crippen molar-refractivity contribution < 1.29 is 9.59 Å². The van der Waals surface area contributed by atoms with E-state index >= 15 is 0 Å². The van der Waals surface area contributed by atoms with Gasteiger partial charge in [-0.3, -0.25) is 9.59 Å². The molecule has 0 amide bonds. The molecule has 2 fully saturated rings. The molecule has 0 spiro atoms. The summed E-state index contributed by atoms with van der Waals surface area (Å²) in [5.74, 6) is 2.83. The summed E-state index contributed by atoms with van der Waals surface area (Å²) in [7, 11) is 0. The van der Waals surface area contributed by atoms with Gasteiger partial charge in [0.2, 0.25) is 0 Å². The lowest BCUT2D eigenvalue weighted by Gasteiger charge is -2.37. The molecule has 2 nitrogen and oxygen atoms in total. The predicted molar refractivity (Wildman–Crippen MR) is 140 cm³/mol. The van der Waals surface area contributed by atoms with Crippen LogP contribution in [0, 0.1) is 23.7 Å². The molecule has 0 saturated heterocycles. The van der Waals surface area contributed by atoms with Crippen LogP contribution in [0.5, 0.6) is 0 Å². The van der Waals surface area contributed by atoms with Gasteiger partial charge in [-0.25, -0.2) is 0 Å². The van der Waals surface area contributed by atoms with E-state index in [2.05, 4.69) is 19.1 Å². The van der Waals surface area contributed by atoms with Crippen molar-refractivity contribution >= 4 is 23.2 Å². The Hall–Kier alpha value is -1.93. The lowest BCUT2D eigenvalue weighted by Crippen LogP contribution is -2.32. The number of hydrogen-bond donors (Lipinski definition) is 0. The molecule has 182 valence electrons. The van der Waals surface area contributed by atoms with Gasteiger partial charge in [-0.05, 0) is 67.1 Å². The van der Waals surface area contributed by atoms with Crippen molar-refractivity contribution in [2.45, 2.75) is 84.0 Å². The Morgan fingerprint density at radius 1 is 0.971 bits per heavy atom. The highest BCUT2D eigenvalue weighted by Gasteiger charge is 2.34. The monoisotopic (exact) mass is 478 g/mol. The van der Waals surface area contributed by atoms with Crippen LogP contribution in [0.1, 0.15) is 92.6 Å². The summed E-state index contributed by atoms with van der Waals surface area (Å²) in [4.78, 5) is 25.3. The number of halogens is 1. The Balaban J connectivity index is 1.25. The Bertz CT molecular complexity index is 961. The Kier molecular flexibility index (Phi) is 9.00. The van der Waals surface area contributed by atoms with Crippen LogP contribution < -0.4 is 0 Å². The van der Waals surface area contributed by atoms with Crippen molar-refractivity contribution in [2.24, 2.45) is 23.7 Å². The fraction of sp³-hybridized carbons (Fsp3) is 0.548. The van der Waals surface area contributed by atoms with Crippen molar-refractivity contribution in [2.75, 3.05) is 0 Å². The zero-order valence-corrected chi connectivity index (χ0v) is 21.4. The fourth-order valence-corrected chi connectivity index (χ4v) is 6.49. The van der Waals surface area contributed by atoms with Gasteiger partial charge in [0.15, 0.2) is 5.78 Å². The van der Waals surface area contributed by atoms with Gasteiger partial charge < -0.3 is 0 Å². The zero-order valence-electron chi connectivity index (χ0n) is 20.6. The van der Waals surface area contributed by atoms with Gasteiger partial charge in [0, 0.05) is 29.3 Å². The van der Waals surface area contributed by atoms with E-state index in [0.717, 1.165) is 59.7 Å². The van der Waals surface area contributed by atoms with Crippen molar-refractivity contribution in [3.05, 3.63) is 70.2 Å². The SMILES string of the molecule is CC(C1CCCCC1)C1CCC(Cc2ccc(CCCC(=O)c3ccccc3)cc2Cl)C(=O)C1. The normalized spacial score (nSPS) is 22.5. The maximum absolute atomic E-state index is 13.0. The minimum Gasteiger partial charge on any atom is -0.299 e. The largest absolute Gasteiger partial charge is 0.299 e. The third-order valence-corrected chi connectivity index (χ3v) is 8.84. The van der Waals surface area contributed by atoms with Gasteiger partial charge in [0.05, 0.1) is 0 Å². The summed E-state index contributed by atoms with van der Waals surface area (Å²) < 4.78 is 0. The van der Waals surface area contributed by atoms with Crippen LogP contribution >= 0.6 is 11.6 Å². The van der Waals surface area contributed by atoms with Crippen LogP contribution in [0.4, 0.5) is 0 Å². The van der Waals surface area contributed by atoms with E-state index in [-0.39, 0.29) is 11.7 Å². The lowest BCUT2D eigenvalue weighted by molar-refractivity contribution is -0.127. The van der Waals surface area contributed by atoms with Gasteiger partial charge >= 0.3 is 0 Å². The average Bonchev–Trinajstić information content (AvgIpc) is 2.87. The van der Waals surface area contributed by atoms with E-state index in [1.807, 2.05) is 36.4 Å². The van der Waals surface area contributed by atoms with Crippen LogP contribution in [0.25, 0.3) is 0 Å². The Morgan fingerprint density at radius 3 is 2.44 bits per heavy atom. The van der Waals surface area contributed by atoms with E-state index in [4.69, 9.17) is 11.6 Å². The smallest absolute Gasteiger partial charge is 0.162 e. The molecular weight excluding hydrogens is 440 g/mol. The number of aryl methyl sites for hydroxylation is 1. The maximum atomic E-state index is 13.0. The first-order valence-corrected chi connectivity index (χ1v) is 13.8. The van der Waals surface area contributed by atoms with Gasteiger partial charge in [-0.15, -0.1) is 0 Å². The molecule has 34 heavy (non-hydrogen) atoms. The quantitative estimate of drug-likeness (QED) is 0.339. The van der Waals surface area contributed by atoms with Crippen molar-refractivity contribution in [3.63, 3.8) is 0 Å². The first-order valence-electron chi connectivity index (χ1n) is 13.4. The van der Waals surface area contributed by atoms with Gasteiger partial charge in [0.1, 0.15) is 5.78 Å². The van der Waals surface area contributed by atoms with Crippen molar-refractivity contribution in [1.29, 1.82) is 0 Å². The average molecular weight is 479 g/mol. The summed E-state index contributed by atoms with van der Waals surface area (Å²) in [5, 5.41) is 0.761. The second-order valence-corrected chi connectivity index (χ2v) is 11.1. The maximum Gasteiger partial charge on any atom is 0.162 e. The molecule has 3 heteroatoms. The van der Waals surface area contributed by atoms with E-state index in [9.17, 15) is 9.59 Å². The van der Waals surface area contributed by atoms with Gasteiger partial charge in [-0.2, -0.15) is 0 Å². The standard InChI is InChI=1S/C31H39ClO2/c1-22(24-10-4-2-5-11-24)26-17-18-28(31(34)21-26)20-27-16-15-23(19-29(27)32)9-8-14-30(33)25-12-6-3-7-13-25/h3,6-7,12-13,15-16,19,22,24,26,28H,2,4-5,8-11,14,17-18,20-21H2,1H3. The summed E-state index contributed by atoms with van der Waals surface area (Å²) in [5.41, 5.74) is 3.03. The summed E-state index contributed by atoms with van der Waals surface area (Å²) in [6.45, 7) is 2.40. The lowest BCUT2D eigenvalue weighted by atomic mass is 9.68. The van der Waals surface area contributed by atoms with Crippen LogP contribution in [0.15, 0.2) is 48.5 Å². The van der Waals surface area contributed by atoms with Gasteiger partial charge in [-0.1, -0.05) is 93.1 Å². The first-order chi connectivity index (χ1) is 16.5. The molecule has 2 aromatic carbocycles. The molecule has 0 aliphatic heterocycles. The van der Waals surface area contributed by atoms with Crippen LogP contribution in [-0.4, -0.2) is 11.6 Å². The first kappa shape index (κ1) is 25.2. The van der Waals surface area contributed by atoms with E-state index in [1.54, 1.807) is 0 Å². The summed E-state index contributed by atoms with van der Waals surface area (Å²) in [6.07, 6.45) is 12.7. The number of ketones is 2. The topological polar surface area (TPSA) is 34.1 Å². The summed E-state index contributed by atoms with van der Waals surface area (Å²) >= 11 is 6.64. The van der Waals surface area contributed by atoms with Crippen LogP contribution in [0.2, 0.25) is 5.02 Å².